The smallest absolute Gasteiger partial charge is 0.326 e. The number of fused-ring (bicyclic) bond motifs is 1. The highest BCUT2D eigenvalue weighted by Crippen LogP contribution is 2.40. The molecule has 0 saturated carbocycles. The van der Waals surface area contributed by atoms with Gasteiger partial charge in [0.1, 0.15) is 16.8 Å². The Morgan fingerprint density at radius 1 is 1.39 bits per heavy atom. The quantitative estimate of drug-likeness (QED) is 0.931. The zero-order chi connectivity index (χ0) is 16.6. The van der Waals surface area contributed by atoms with E-state index < -0.39 is 12.0 Å². The molecule has 1 aromatic heterocycles. The molecule has 3 rings (SSSR count). The van der Waals surface area contributed by atoms with Crippen LogP contribution in [0.2, 0.25) is 0 Å². The molecule has 0 radical (unpaired) electrons. The summed E-state index contributed by atoms with van der Waals surface area (Å²) in [6.45, 7) is 3.57. The fraction of sp³-hybridized carbons (Fsp3) is 0.312. The monoisotopic (exact) mass is 331 g/mol. The highest BCUT2D eigenvalue weighted by atomic mass is 32.2. The number of nitrogens with zero attached hydrogens (tertiary/aromatic N) is 3. The topological polar surface area (TPSA) is 75.4 Å². The van der Waals surface area contributed by atoms with Gasteiger partial charge in [-0.25, -0.2) is 9.48 Å². The van der Waals surface area contributed by atoms with Gasteiger partial charge in [-0.2, -0.15) is 5.10 Å². The van der Waals surface area contributed by atoms with Gasteiger partial charge in [-0.15, -0.1) is 0 Å². The van der Waals surface area contributed by atoms with E-state index in [0.717, 1.165) is 10.7 Å². The van der Waals surface area contributed by atoms with E-state index >= 15 is 0 Å². The van der Waals surface area contributed by atoms with Crippen molar-refractivity contribution >= 4 is 29.3 Å². The van der Waals surface area contributed by atoms with Crippen LogP contribution in [-0.4, -0.2) is 38.6 Å². The lowest BCUT2D eigenvalue weighted by Gasteiger charge is -2.31. The molecule has 1 aliphatic rings. The highest BCUT2D eigenvalue weighted by molar-refractivity contribution is 8.00. The van der Waals surface area contributed by atoms with E-state index in [4.69, 9.17) is 0 Å². The number of carboxylic acid groups (broad SMARTS) is 1. The number of carbonyl (C=O) groups is 2. The summed E-state index contributed by atoms with van der Waals surface area (Å²) in [5.74, 6) is -0.965. The lowest BCUT2D eigenvalue weighted by Crippen LogP contribution is -2.47. The summed E-state index contributed by atoms with van der Waals surface area (Å²) in [5.41, 5.74) is 2.16. The Morgan fingerprint density at radius 3 is 2.70 bits per heavy atom. The van der Waals surface area contributed by atoms with Gasteiger partial charge < -0.3 is 5.11 Å². The van der Waals surface area contributed by atoms with Gasteiger partial charge >= 0.3 is 5.97 Å². The first-order chi connectivity index (χ1) is 11.0. The molecule has 1 unspecified atom stereocenters. The van der Waals surface area contributed by atoms with Gasteiger partial charge in [-0.3, -0.25) is 9.69 Å². The molecule has 1 amide bonds. The summed E-state index contributed by atoms with van der Waals surface area (Å²) < 4.78 is 1.78. The zero-order valence-corrected chi connectivity index (χ0v) is 13.7. The molecule has 1 aromatic carbocycles. The molecule has 2 aromatic rings. The summed E-state index contributed by atoms with van der Waals surface area (Å²) >= 11 is 1.40. The predicted octanol–water partition coefficient (Wildman–Crippen LogP) is 2.48. The molecule has 23 heavy (non-hydrogen) atoms. The number of rotatable bonds is 4. The van der Waals surface area contributed by atoms with Gasteiger partial charge in [-0.05, 0) is 25.5 Å². The molecule has 0 fully saturated rings. The minimum absolute atomic E-state index is 0.188. The fourth-order valence-electron chi connectivity index (χ4n) is 2.77. The SMILES string of the molecule is CCC(C(=O)O)N1C(=O)CSc2c1c(C)nn2-c1ccccc1. The molecule has 2 heterocycles. The third-order valence-electron chi connectivity index (χ3n) is 3.81. The molecule has 0 saturated heterocycles. The minimum Gasteiger partial charge on any atom is -0.480 e. The van der Waals surface area contributed by atoms with Crippen molar-refractivity contribution in [3.63, 3.8) is 0 Å². The number of carboxylic acids is 1. The number of aliphatic carboxylic acids is 1. The Bertz CT molecular complexity index is 757. The van der Waals surface area contributed by atoms with E-state index in [2.05, 4.69) is 5.10 Å². The molecule has 0 spiro atoms. The number of amides is 1. The highest BCUT2D eigenvalue weighted by Gasteiger charge is 2.38. The standard InChI is InChI=1S/C16H17N3O3S/c1-3-12(16(21)22)18-13(20)9-23-15-14(18)10(2)17-19(15)11-7-5-4-6-8-11/h4-8,12H,3,9H2,1-2H3,(H,21,22). The van der Waals surface area contributed by atoms with Crippen LogP contribution in [0, 0.1) is 6.92 Å². The van der Waals surface area contributed by atoms with Gasteiger partial charge in [0, 0.05) is 0 Å². The van der Waals surface area contributed by atoms with Crippen molar-refractivity contribution in [3.05, 3.63) is 36.0 Å². The molecule has 1 atom stereocenters. The molecule has 0 bridgehead atoms. The second-order valence-corrected chi connectivity index (χ2v) is 6.27. The number of anilines is 1. The number of aromatic nitrogens is 2. The van der Waals surface area contributed by atoms with Crippen molar-refractivity contribution < 1.29 is 14.7 Å². The maximum atomic E-state index is 12.4. The van der Waals surface area contributed by atoms with E-state index in [0.29, 0.717) is 17.8 Å². The number of thioether (sulfide) groups is 1. The largest absolute Gasteiger partial charge is 0.480 e. The number of hydrogen-bond donors (Lipinski definition) is 1. The Hall–Kier alpha value is -2.28. The van der Waals surface area contributed by atoms with Crippen molar-refractivity contribution in [1.29, 1.82) is 0 Å². The number of para-hydroxylation sites is 1. The van der Waals surface area contributed by atoms with Gasteiger partial charge in [0.15, 0.2) is 0 Å². The molecule has 1 aliphatic heterocycles. The second-order valence-electron chi connectivity index (χ2n) is 5.30. The van der Waals surface area contributed by atoms with Crippen LogP contribution in [0.15, 0.2) is 35.4 Å². The zero-order valence-electron chi connectivity index (χ0n) is 12.9. The Kier molecular flexibility index (Phi) is 4.12. The first-order valence-electron chi connectivity index (χ1n) is 7.37. The van der Waals surface area contributed by atoms with Gasteiger partial charge in [0.25, 0.3) is 0 Å². The number of carbonyl (C=O) groups excluding carboxylic acids is 1. The van der Waals surface area contributed by atoms with Gasteiger partial charge in [-0.1, -0.05) is 36.9 Å². The Morgan fingerprint density at radius 2 is 2.09 bits per heavy atom. The van der Waals surface area contributed by atoms with Crippen LogP contribution in [0.4, 0.5) is 5.69 Å². The molecular weight excluding hydrogens is 314 g/mol. The van der Waals surface area contributed by atoms with Gasteiger partial charge in [0.05, 0.1) is 17.1 Å². The molecule has 7 heteroatoms. The van der Waals surface area contributed by atoms with Crippen LogP contribution in [0.5, 0.6) is 0 Å². The van der Waals surface area contributed by atoms with Crippen LogP contribution in [0.3, 0.4) is 0 Å². The summed E-state index contributed by atoms with van der Waals surface area (Å²) in [6, 6.07) is 8.76. The summed E-state index contributed by atoms with van der Waals surface area (Å²) in [7, 11) is 0. The summed E-state index contributed by atoms with van der Waals surface area (Å²) in [6.07, 6.45) is 0.348. The Labute approximate surface area is 138 Å². The van der Waals surface area contributed by atoms with Crippen LogP contribution in [0.25, 0.3) is 5.69 Å². The van der Waals surface area contributed by atoms with E-state index in [1.165, 1.54) is 16.7 Å². The van der Waals surface area contributed by atoms with Crippen LogP contribution < -0.4 is 4.90 Å². The fourth-order valence-corrected chi connectivity index (χ4v) is 3.82. The normalized spacial score (nSPS) is 15.4. The molecule has 0 aliphatic carbocycles. The van der Waals surface area contributed by atoms with Gasteiger partial charge in [0.2, 0.25) is 5.91 Å². The lowest BCUT2D eigenvalue weighted by atomic mass is 10.1. The second kappa shape index (κ2) is 6.08. The third-order valence-corrected chi connectivity index (χ3v) is 4.84. The summed E-state index contributed by atoms with van der Waals surface area (Å²) in [4.78, 5) is 25.3. The maximum Gasteiger partial charge on any atom is 0.326 e. The molecular formula is C16H17N3O3S. The summed E-state index contributed by atoms with van der Waals surface area (Å²) in [5, 5.41) is 14.8. The minimum atomic E-state index is -0.995. The average molecular weight is 331 g/mol. The van der Waals surface area contributed by atoms with Crippen LogP contribution in [0.1, 0.15) is 19.0 Å². The van der Waals surface area contributed by atoms with E-state index in [1.54, 1.807) is 18.5 Å². The van der Waals surface area contributed by atoms with E-state index in [9.17, 15) is 14.7 Å². The number of aryl methyl sites for hydroxylation is 1. The first kappa shape index (κ1) is 15.6. The first-order valence-corrected chi connectivity index (χ1v) is 8.35. The predicted molar refractivity (Wildman–Crippen MR) is 88.2 cm³/mol. The molecule has 120 valence electrons. The lowest BCUT2D eigenvalue weighted by molar-refractivity contribution is -0.140. The van der Waals surface area contributed by atoms with Crippen molar-refractivity contribution in [2.75, 3.05) is 10.7 Å². The average Bonchev–Trinajstić information content (AvgIpc) is 2.88. The van der Waals surface area contributed by atoms with Crippen LogP contribution >= 0.6 is 11.8 Å². The maximum absolute atomic E-state index is 12.4. The Balaban J connectivity index is 2.15. The number of hydrogen-bond acceptors (Lipinski definition) is 4. The number of benzene rings is 1. The third kappa shape index (κ3) is 2.61. The van der Waals surface area contributed by atoms with Crippen molar-refractivity contribution in [2.24, 2.45) is 0 Å². The van der Waals surface area contributed by atoms with Crippen LogP contribution in [-0.2, 0) is 9.59 Å². The molecule has 1 N–H and O–H groups in total. The van der Waals surface area contributed by atoms with E-state index in [1.807, 2.05) is 30.3 Å². The van der Waals surface area contributed by atoms with E-state index in [-0.39, 0.29) is 11.7 Å². The van der Waals surface area contributed by atoms with Crippen molar-refractivity contribution in [3.8, 4) is 5.69 Å². The molecule has 6 nitrogen and oxygen atoms in total. The van der Waals surface area contributed by atoms with Crippen molar-refractivity contribution in [1.82, 2.24) is 9.78 Å². The van der Waals surface area contributed by atoms with Crippen molar-refractivity contribution in [2.45, 2.75) is 31.3 Å².